The molecule has 0 atom stereocenters. The fourth-order valence-corrected chi connectivity index (χ4v) is 3.23. The first kappa shape index (κ1) is 20.3. The van der Waals surface area contributed by atoms with Crippen LogP contribution >= 0.6 is 0 Å². The molecule has 3 rings (SSSR count). The van der Waals surface area contributed by atoms with E-state index in [0.29, 0.717) is 30.6 Å². The molecular weight excluding hydrogens is 366 g/mol. The van der Waals surface area contributed by atoms with Gasteiger partial charge in [0.2, 0.25) is 0 Å². The van der Waals surface area contributed by atoms with Crippen molar-refractivity contribution in [2.45, 2.75) is 33.1 Å². The van der Waals surface area contributed by atoms with Gasteiger partial charge in [0.05, 0.1) is 11.3 Å². The number of amides is 1. The molecule has 0 unspecified atom stereocenters. The summed E-state index contributed by atoms with van der Waals surface area (Å²) in [6.07, 6.45) is 3.00. The van der Waals surface area contributed by atoms with Crippen LogP contribution in [-0.4, -0.2) is 33.3 Å². The maximum atomic E-state index is 12.9. The lowest BCUT2D eigenvalue weighted by atomic mass is 10.0. The lowest BCUT2D eigenvalue weighted by molar-refractivity contribution is -0.137. The summed E-state index contributed by atoms with van der Waals surface area (Å²) in [7, 11) is 0. The van der Waals surface area contributed by atoms with Crippen LogP contribution in [0.3, 0.4) is 0 Å². The summed E-state index contributed by atoms with van der Waals surface area (Å²) in [5.41, 5.74) is 5.13. The van der Waals surface area contributed by atoms with E-state index in [2.05, 4.69) is 11.4 Å². The number of nitrogens with zero attached hydrogens (tertiary/aromatic N) is 2. The minimum Gasteiger partial charge on any atom is -0.481 e. The van der Waals surface area contributed by atoms with Crippen LogP contribution in [0.25, 0.3) is 16.9 Å². The van der Waals surface area contributed by atoms with Gasteiger partial charge >= 0.3 is 5.97 Å². The number of aromatic nitrogens is 2. The molecule has 0 saturated heterocycles. The summed E-state index contributed by atoms with van der Waals surface area (Å²) in [5, 5.41) is 16.3. The third kappa shape index (κ3) is 5.10. The lowest BCUT2D eigenvalue weighted by Gasteiger charge is -2.08. The minimum absolute atomic E-state index is 0.107. The largest absolute Gasteiger partial charge is 0.481 e. The van der Waals surface area contributed by atoms with E-state index < -0.39 is 5.97 Å². The Morgan fingerprint density at radius 1 is 1.07 bits per heavy atom. The fourth-order valence-electron chi connectivity index (χ4n) is 3.23. The number of carboxylic acid groups (broad SMARTS) is 1. The molecule has 1 heterocycles. The highest BCUT2D eigenvalue weighted by Crippen LogP contribution is 2.27. The summed E-state index contributed by atoms with van der Waals surface area (Å²) < 4.78 is 1.72. The second-order valence-corrected chi connectivity index (χ2v) is 7.10. The van der Waals surface area contributed by atoms with Crippen LogP contribution in [0.5, 0.6) is 0 Å². The summed E-state index contributed by atoms with van der Waals surface area (Å²) in [5.74, 6) is -1.03. The van der Waals surface area contributed by atoms with Crippen LogP contribution in [0, 0.1) is 13.8 Å². The molecule has 0 fully saturated rings. The number of nitrogens with one attached hydrogen (secondary N) is 1. The molecule has 0 aliphatic carbocycles. The molecule has 150 valence electrons. The molecule has 0 radical (unpaired) electrons. The van der Waals surface area contributed by atoms with Gasteiger partial charge in [-0.25, -0.2) is 4.68 Å². The van der Waals surface area contributed by atoms with E-state index in [1.165, 1.54) is 0 Å². The van der Waals surface area contributed by atoms with Gasteiger partial charge in [-0.05, 0) is 44.4 Å². The van der Waals surface area contributed by atoms with Gasteiger partial charge in [0, 0.05) is 24.7 Å². The summed E-state index contributed by atoms with van der Waals surface area (Å²) in [6.45, 7) is 4.47. The smallest absolute Gasteiger partial charge is 0.303 e. The van der Waals surface area contributed by atoms with E-state index in [-0.39, 0.29) is 12.3 Å². The van der Waals surface area contributed by atoms with Crippen molar-refractivity contribution in [1.29, 1.82) is 0 Å². The van der Waals surface area contributed by atoms with Crippen molar-refractivity contribution in [3.63, 3.8) is 0 Å². The number of carboxylic acids is 1. The van der Waals surface area contributed by atoms with E-state index >= 15 is 0 Å². The number of aryl methyl sites for hydroxylation is 2. The van der Waals surface area contributed by atoms with Gasteiger partial charge in [-0.1, -0.05) is 42.0 Å². The van der Waals surface area contributed by atoms with Crippen LogP contribution in [0.4, 0.5) is 0 Å². The highest BCUT2D eigenvalue weighted by Gasteiger charge is 2.19. The third-order valence-corrected chi connectivity index (χ3v) is 4.72. The molecule has 6 heteroatoms. The van der Waals surface area contributed by atoms with Crippen molar-refractivity contribution in [1.82, 2.24) is 15.1 Å². The Kier molecular flexibility index (Phi) is 6.44. The molecule has 29 heavy (non-hydrogen) atoms. The van der Waals surface area contributed by atoms with E-state index in [1.807, 2.05) is 56.3 Å². The molecule has 6 nitrogen and oxygen atoms in total. The average Bonchev–Trinajstić information content (AvgIpc) is 3.13. The topological polar surface area (TPSA) is 84.2 Å². The number of unbranched alkanes of at least 4 members (excludes halogenated alkanes) is 1. The first-order valence-corrected chi connectivity index (χ1v) is 9.68. The van der Waals surface area contributed by atoms with Gasteiger partial charge in [-0.2, -0.15) is 5.10 Å². The number of aliphatic carboxylic acids is 1. The average molecular weight is 391 g/mol. The molecule has 1 amide bonds. The number of para-hydroxylation sites is 1. The molecule has 0 bridgehead atoms. The van der Waals surface area contributed by atoms with Crippen molar-refractivity contribution in [2.24, 2.45) is 0 Å². The zero-order valence-corrected chi connectivity index (χ0v) is 16.7. The van der Waals surface area contributed by atoms with Gasteiger partial charge in [0.1, 0.15) is 5.69 Å². The summed E-state index contributed by atoms with van der Waals surface area (Å²) in [4.78, 5) is 23.5. The van der Waals surface area contributed by atoms with E-state index in [1.54, 1.807) is 10.9 Å². The Hall–Kier alpha value is -3.41. The van der Waals surface area contributed by atoms with Crippen LogP contribution < -0.4 is 5.32 Å². The van der Waals surface area contributed by atoms with Crippen LogP contribution in [-0.2, 0) is 4.79 Å². The van der Waals surface area contributed by atoms with E-state index in [9.17, 15) is 9.59 Å². The molecule has 0 aliphatic rings. The van der Waals surface area contributed by atoms with Gasteiger partial charge < -0.3 is 10.4 Å². The second-order valence-electron chi connectivity index (χ2n) is 7.10. The third-order valence-electron chi connectivity index (χ3n) is 4.72. The SMILES string of the molecule is Cc1ccc(-c2nn(-c3ccccc3)cc2C(=O)NCCCCC(=O)O)c(C)c1. The van der Waals surface area contributed by atoms with Crippen molar-refractivity contribution in [3.8, 4) is 16.9 Å². The first-order chi connectivity index (χ1) is 14.0. The lowest BCUT2D eigenvalue weighted by Crippen LogP contribution is -2.24. The zero-order chi connectivity index (χ0) is 20.8. The monoisotopic (exact) mass is 391 g/mol. The molecule has 2 N–H and O–H groups in total. The van der Waals surface area contributed by atoms with Gasteiger partial charge in [0.15, 0.2) is 0 Å². The van der Waals surface area contributed by atoms with Crippen molar-refractivity contribution in [3.05, 3.63) is 71.4 Å². The Bertz CT molecular complexity index is 1010. The number of hydrogen-bond donors (Lipinski definition) is 2. The van der Waals surface area contributed by atoms with E-state index in [0.717, 1.165) is 22.4 Å². The Morgan fingerprint density at radius 3 is 2.52 bits per heavy atom. The predicted molar refractivity (Wildman–Crippen MR) is 112 cm³/mol. The van der Waals surface area contributed by atoms with Crippen molar-refractivity contribution >= 4 is 11.9 Å². The summed E-state index contributed by atoms with van der Waals surface area (Å²) >= 11 is 0. The highest BCUT2D eigenvalue weighted by atomic mass is 16.4. The molecule has 0 spiro atoms. The van der Waals surface area contributed by atoms with Crippen LogP contribution in [0.2, 0.25) is 0 Å². The van der Waals surface area contributed by atoms with Crippen molar-refractivity contribution in [2.75, 3.05) is 6.54 Å². The number of benzene rings is 2. The van der Waals surface area contributed by atoms with Crippen LogP contribution in [0.15, 0.2) is 54.7 Å². The van der Waals surface area contributed by atoms with Crippen LogP contribution in [0.1, 0.15) is 40.7 Å². The fraction of sp³-hybridized carbons (Fsp3) is 0.261. The molecule has 1 aromatic heterocycles. The molecular formula is C23H25N3O3. The molecule has 0 saturated carbocycles. The maximum Gasteiger partial charge on any atom is 0.303 e. The predicted octanol–water partition coefficient (Wildman–Crippen LogP) is 4.14. The van der Waals surface area contributed by atoms with Gasteiger partial charge in [-0.15, -0.1) is 0 Å². The summed E-state index contributed by atoms with van der Waals surface area (Å²) in [6, 6.07) is 15.7. The van der Waals surface area contributed by atoms with E-state index in [4.69, 9.17) is 10.2 Å². The molecule has 3 aromatic rings. The zero-order valence-electron chi connectivity index (χ0n) is 16.7. The molecule has 2 aromatic carbocycles. The Balaban J connectivity index is 1.88. The number of hydrogen-bond acceptors (Lipinski definition) is 3. The number of carbonyl (C=O) groups is 2. The first-order valence-electron chi connectivity index (χ1n) is 9.68. The Morgan fingerprint density at radius 2 is 1.83 bits per heavy atom. The van der Waals surface area contributed by atoms with Gasteiger partial charge in [-0.3, -0.25) is 9.59 Å². The standard InChI is InChI=1S/C23H25N3O3/c1-16-11-12-19(17(2)14-16)22-20(23(29)24-13-7-6-10-21(27)28)15-26(25-22)18-8-4-3-5-9-18/h3-5,8-9,11-12,14-15H,6-7,10,13H2,1-2H3,(H,24,29)(H,27,28). The molecule has 0 aliphatic heterocycles. The second kappa shape index (κ2) is 9.19. The van der Waals surface area contributed by atoms with Gasteiger partial charge in [0.25, 0.3) is 5.91 Å². The highest BCUT2D eigenvalue weighted by molar-refractivity contribution is 6.00. The maximum absolute atomic E-state index is 12.9. The van der Waals surface area contributed by atoms with Crippen molar-refractivity contribution < 1.29 is 14.7 Å². The minimum atomic E-state index is -0.822. The quantitative estimate of drug-likeness (QED) is 0.565. The number of carbonyl (C=O) groups excluding carboxylic acids is 1. The number of rotatable bonds is 8. The normalized spacial score (nSPS) is 10.7. The Labute approximate surface area is 170 Å².